The molecule has 2 amide bonds. The van der Waals surface area contributed by atoms with Crippen LogP contribution in [0.2, 0.25) is 0 Å². The molecular weight excluding hydrogens is 672 g/mol. The van der Waals surface area contributed by atoms with Crippen LogP contribution < -0.4 is 11.1 Å². The summed E-state index contributed by atoms with van der Waals surface area (Å²) < 4.78 is 13.2. The molecule has 6 heterocycles. The Morgan fingerprint density at radius 2 is 1.06 bits per heavy atom. The van der Waals surface area contributed by atoms with Crippen LogP contribution >= 0.6 is 0 Å². The van der Waals surface area contributed by atoms with E-state index in [0.717, 1.165) is 0 Å². The Morgan fingerprint density at radius 3 is 1.35 bits per heavy atom. The number of allylic oxidation sites excluding steroid dienone is 2. The number of aromatic nitrogens is 2. The summed E-state index contributed by atoms with van der Waals surface area (Å²) in [7, 11) is 2.60. The van der Waals surface area contributed by atoms with E-state index in [1.807, 2.05) is 13.8 Å². The van der Waals surface area contributed by atoms with Gasteiger partial charge < -0.3 is 38.6 Å². The first kappa shape index (κ1) is 38.4. The first-order valence-electron chi connectivity index (χ1n) is 17.7. The Morgan fingerprint density at radius 1 is 0.692 bits per heavy atom. The Labute approximate surface area is 301 Å². The van der Waals surface area contributed by atoms with Gasteiger partial charge in [-0.15, -0.1) is 0 Å². The van der Waals surface area contributed by atoms with Crippen LogP contribution in [0, 0.1) is 23.7 Å². The number of hydrogen-bond donors (Lipinski definition) is 2. The minimum absolute atomic E-state index is 0.0962. The van der Waals surface area contributed by atoms with Crippen molar-refractivity contribution >= 4 is 35.9 Å². The third-order valence-corrected chi connectivity index (χ3v) is 11.0. The number of fused-ring (bicyclic) bond motifs is 8. The molecule has 2 saturated heterocycles. The highest BCUT2D eigenvalue weighted by Crippen LogP contribution is 2.50. The number of methoxy groups -OCH3 is 2. The number of hydrogen-bond acceptors (Lipinski definition) is 10. The zero-order chi connectivity index (χ0) is 38.0. The third-order valence-electron chi connectivity index (χ3n) is 11.0. The molecule has 0 saturated carbocycles. The molecule has 14 heteroatoms. The summed E-state index contributed by atoms with van der Waals surface area (Å²) in [6.07, 6.45) is 7.65. The molecule has 6 rings (SSSR count). The van der Waals surface area contributed by atoms with E-state index in [4.69, 9.17) is 9.47 Å². The van der Waals surface area contributed by atoms with Crippen molar-refractivity contribution in [1.29, 1.82) is 0 Å². The van der Waals surface area contributed by atoms with Gasteiger partial charge in [-0.2, -0.15) is 0 Å². The van der Waals surface area contributed by atoms with Crippen molar-refractivity contribution in [3.8, 4) is 0 Å². The standard InChI is InChI=1S/2C19H24N2O5/c2*1-4-6-11-7-8-13-17-16(19(25)26-3)12(10-22)14(9-20(13)18(11)24)21(17)15(23)5-2/h2*4,6-8,12,14,16-17,22H,5,9-10H2,1-3H3/b6-4+;6-4-/t2*12-,14-,16+,17+/m11/s1. The Balaban J connectivity index is 0.000000201. The van der Waals surface area contributed by atoms with Crippen LogP contribution in [0.25, 0.3) is 12.2 Å². The van der Waals surface area contributed by atoms with E-state index < -0.39 is 59.8 Å². The molecule has 2 fully saturated rings. The maximum Gasteiger partial charge on any atom is 0.311 e. The minimum atomic E-state index is -0.689. The highest BCUT2D eigenvalue weighted by Gasteiger charge is 2.59. The topological polar surface area (TPSA) is 178 Å². The number of aliphatic hydroxyl groups is 2. The fraction of sp³-hybridized carbons (Fsp3) is 0.526. The van der Waals surface area contributed by atoms with Crippen LogP contribution in [-0.4, -0.2) is 92.4 Å². The zero-order valence-electron chi connectivity index (χ0n) is 30.4. The van der Waals surface area contributed by atoms with Crippen molar-refractivity contribution in [1.82, 2.24) is 18.9 Å². The average Bonchev–Trinajstić information content (AvgIpc) is 3.55. The fourth-order valence-corrected chi connectivity index (χ4v) is 8.71. The summed E-state index contributed by atoms with van der Waals surface area (Å²) in [6.45, 7) is 7.23. The van der Waals surface area contributed by atoms with E-state index in [-0.39, 0.29) is 49.2 Å². The minimum Gasteiger partial charge on any atom is -0.469 e. The maximum atomic E-state index is 12.8. The van der Waals surface area contributed by atoms with Crippen molar-refractivity contribution < 1.29 is 38.9 Å². The summed E-state index contributed by atoms with van der Waals surface area (Å²) in [5.41, 5.74) is 2.05. The summed E-state index contributed by atoms with van der Waals surface area (Å²) >= 11 is 0. The number of esters is 2. The Bertz CT molecular complexity index is 1760. The number of pyridine rings is 2. The molecule has 280 valence electrons. The van der Waals surface area contributed by atoms with Gasteiger partial charge >= 0.3 is 11.9 Å². The number of rotatable bonds is 8. The quantitative estimate of drug-likeness (QED) is 0.383. The van der Waals surface area contributed by atoms with Gasteiger partial charge in [0.05, 0.1) is 50.2 Å². The van der Waals surface area contributed by atoms with E-state index in [1.165, 1.54) is 14.2 Å². The van der Waals surface area contributed by atoms with Crippen LogP contribution in [0.4, 0.5) is 0 Å². The molecule has 0 radical (unpaired) electrons. The fourth-order valence-electron chi connectivity index (χ4n) is 8.71. The second-order valence-electron chi connectivity index (χ2n) is 13.4. The van der Waals surface area contributed by atoms with E-state index in [9.17, 15) is 39.0 Å². The van der Waals surface area contributed by atoms with Crippen LogP contribution in [0.3, 0.4) is 0 Å². The molecule has 2 aromatic heterocycles. The normalized spacial score (nSPS) is 26.8. The van der Waals surface area contributed by atoms with E-state index >= 15 is 0 Å². The van der Waals surface area contributed by atoms with Gasteiger partial charge in [-0.3, -0.25) is 28.8 Å². The lowest BCUT2D eigenvalue weighted by molar-refractivity contribution is -0.150. The Kier molecular flexibility index (Phi) is 11.7. The van der Waals surface area contributed by atoms with Crippen molar-refractivity contribution in [2.75, 3.05) is 27.4 Å². The predicted molar refractivity (Wildman–Crippen MR) is 190 cm³/mol. The van der Waals surface area contributed by atoms with Gasteiger partial charge in [-0.25, -0.2) is 0 Å². The smallest absolute Gasteiger partial charge is 0.311 e. The van der Waals surface area contributed by atoms with Crippen molar-refractivity contribution in [2.45, 2.75) is 77.8 Å². The highest BCUT2D eigenvalue weighted by atomic mass is 16.5. The van der Waals surface area contributed by atoms with Gasteiger partial charge in [0.15, 0.2) is 0 Å². The predicted octanol–water partition coefficient (Wildman–Crippen LogP) is 1.91. The number of aliphatic hydroxyl groups excluding tert-OH is 2. The van der Waals surface area contributed by atoms with Gasteiger partial charge in [0, 0.05) is 73.5 Å². The first-order chi connectivity index (χ1) is 25.0. The summed E-state index contributed by atoms with van der Waals surface area (Å²) in [5.74, 6) is -3.44. The molecule has 14 nitrogen and oxygen atoms in total. The number of nitrogens with zero attached hydrogens (tertiary/aromatic N) is 4. The SMILES string of the molecule is C/C=C/c1ccc2n(c1=O)C[C@@H]1[C@@H](CO)[C@H](C(=O)OC)[C@H]2N1C(=O)CC.C/C=C\c1ccc2n(c1=O)C[C@@H]1[C@@H](CO)[C@H](C(=O)OC)[C@H]2N1C(=O)CC. The van der Waals surface area contributed by atoms with Gasteiger partial charge in [0.1, 0.15) is 0 Å². The molecule has 0 unspecified atom stereocenters. The average molecular weight is 721 g/mol. The molecule has 2 N–H and O–H groups in total. The van der Waals surface area contributed by atoms with Gasteiger partial charge in [0.2, 0.25) is 11.8 Å². The molecule has 4 bridgehead atoms. The molecule has 0 aromatic carbocycles. The van der Waals surface area contributed by atoms with Gasteiger partial charge in [-0.1, -0.05) is 38.2 Å². The molecule has 2 aromatic rings. The van der Waals surface area contributed by atoms with Crippen molar-refractivity contribution in [3.63, 3.8) is 0 Å². The van der Waals surface area contributed by atoms with Crippen molar-refractivity contribution in [3.05, 3.63) is 79.6 Å². The lowest BCUT2D eigenvalue weighted by Crippen LogP contribution is -2.49. The van der Waals surface area contributed by atoms with Crippen LogP contribution in [0.15, 0.2) is 46.0 Å². The number of carbonyl (C=O) groups is 4. The second kappa shape index (κ2) is 15.8. The van der Waals surface area contributed by atoms with E-state index in [2.05, 4.69) is 0 Å². The molecular formula is C38H48N4O10. The Hall–Kier alpha value is -4.82. The van der Waals surface area contributed by atoms with E-state index in [1.54, 1.807) is 81.4 Å². The molecule has 0 spiro atoms. The summed E-state index contributed by atoms with van der Waals surface area (Å²) in [5, 5.41) is 19.9. The summed E-state index contributed by atoms with van der Waals surface area (Å²) in [6, 6.07) is 5.00. The van der Waals surface area contributed by atoms with Gasteiger partial charge in [0.25, 0.3) is 11.1 Å². The number of amides is 2. The molecule has 0 aliphatic carbocycles. The van der Waals surface area contributed by atoms with Gasteiger partial charge in [-0.05, 0) is 38.1 Å². The molecule has 4 aliphatic heterocycles. The van der Waals surface area contributed by atoms with Crippen LogP contribution in [0.5, 0.6) is 0 Å². The second-order valence-corrected chi connectivity index (χ2v) is 13.4. The monoisotopic (exact) mass is 720 g/mol. The number of carbonyl (C=O) groups excluding carboxylic acids is 4. The van der Waals surface area contributed by atoms with Crippen molar-refractivity contribution in [2.24, 2.45) is 23.7 Å². The zero-order valence-corrected chi connectivity index (χ0v) is 30.4. The molecule has 4 aliphatic rings. The number of ether oxygens (including phenoxy) is 2. The first-order valence-corrected chi connectivity index (χ1v) is 17.7. The van der Waals surface area contributed by atoms with E-state index in [0.29, 0.717) is 35.4 Å². The van der Waals surface area contributed by atoms with Crippen LogP contribution in [0.1, 0.15) is 75.1 Å². The third kappa shape index (κ3) is 6.21. The molecule has 8 atom stereocenters. The molecule has 52 heavy (non-hydrogen) atoms. The lowest BCUT2D eigenvalue weighted by atomic mass is 9.87. The maximum absolute atomic E-state index is 12.8. The highest BCUT2D eigenvalue weighted by molar-refractivity contribution is 5.82. The lowest BCUT2D eigenvalue weighted by Gasteiger charge is -2.38. The van der Waals surface area contributed by atoms with Crippen LogP contribution in [-0.2, 0) is 41.7 Å². The largest absolute Gasteiger partial charge is 0.469 e. The summed E-state index contributed by atoms with van der Waals surface area (Å²) in [4.78, 5) is 79.2.